The summed E-state index contributed by atoms with van der Waals surface area (Å²) < 4.78 is 32.7. The summed E-state index contributed by atoms with van der Waals surface area (Å²) in [7, 11) is 0. The van der Waals surface area contributed by atoms with Crippen molar-refractivity contribution in [3.8, 4) is 40.1 Å². The Morgan fingerprint density at radius 2 is 1.58 bits per heavy atom. The quantitative estimate of drug-likeness (QED) is 0.105. The van der Waals surface area contributed by atoms with Crippen molar-refractivity contribution in [2.24, 2.45) is 0 Å². The van der Waals surface area contributed by atoms with Crippen LogP contribution in [0.25, 0.3) is 22.3 Å². The zero-order valence-corrected chi connectivity index (χ0v) is 23.3. The number of phenols is 4. The molecule has 1 aromatic heterocycles. The van der Waals surface area contributed by atoms with E-state index in [1.807, 2.05) is 0 Å². The van der Waals surface area contributed by atoms with Crippen molar-refractivity contribution in [1.82, 2.24) is 0 Å². The van der Waals surface area contributed by atoms with Crippen molar-refractivity contribution in [3.63, 3.8) is 0 Å². The average molecular weight is 639 g/mol. The van der Waals surface area contributed by atoms with Crippen LogP contribution >= 0.6 is 0 Å². The van der Waals surface area contributed by atoms with Gasteiger partial charge in [0.25, 0.3) is 0 Å². The fourth-order valence-corrected chi connectivity index (χ4v) is 4.92. The number of aliphatic hydroxyl groups excluding tert-OH is 5. The maximum atomic E-state index is 13.6. The Hall–Kier alpha value is -4.20. The molecule has 2 aliphatic heterocycles. The van der Waals surface area contributed by atoms with Crippen LogP contribution in [0.4, 0.5) is 0 Å². The van der Waals surface area contributed by atoms with Crippen molar-refractivity contribution in [2.75, 3.05) is 13.2 Å². The number of phenolic OH excluding ortho intramolecular Hbond substituents is 4. The SMILES string of the molecule is CC(=O)O[C@H]1CO[C@@H](OC[C@H]2O[C@@H](Oc3c(-c4ccc(O)c(O)c4)oc4cc(O)cc(O)c4c3=O)[C@H](O)[C@@H](O)[C@H]2O)[C@H](O)[C@H]1O. The van der Waals surface area contributed by atoms with E-state index in [4.69, 9.17) is 28.1 Å². The number of rotatable bonds is 7. The molecule has 45 heavy (non-hydrogen) atoms. The summed E-state index contributed by atoms with van der Waals surface area (Å²) in [4.78, 5) is 24.8. The zero-order chi connectivity index (χ0) is 32.7. The van der Waals surface area contributed by atoms with E-state index in [1.54, 1.807) is 0 Å². The first-order valence-corrected chi connectivity index (χ1v) is 13.4. The number of carbonyl (C=O) groups is 1. The van der Waals surface area contributed by atoms with Crippen LogP contribution in [0.5, 0.6) is 28.7 Å². The summed E-state index contributed by atoms with van der Waals surface area (Å²) in [5.41, 5.74) is -1.37. The fraction of sp³-hybridized carbons (Fsp3) is 0.429. The number of hydrogen-bond donors (Lipinski definition) is 9. The van der Waals surface area contributed by atoms with Gasteiger partial charge in [-0.15, -0.1) is 0 Å². The third kappa shape index (κ3) is 6.33. The van der Waals surface area contributed by atoms with Gasteiger partial charge in [0.05, 0.1) is 13.2 Å². The van der Waals surface area contributed by atoms with Crippen LogP contribution in [-0.2, 0) is 23.7 Å². The summed E-state index contributed by atoms with van der Waals surface area (Å²) in [6.45, 7) is 0.138. The van der Waals surface area contributed by atoms with Gasteiger partial charge in [-0.2, -0.15) is 0 Å². The first kappa shape index (κ1) is 32.2. The molecule has 2 aliphatic rings. The van der Waals surface area contributed by atoms with E-state index in [0.29, 0.717) is 0 Å². The molecule has 17 heteroatoms. The molecule has 2 fully saturated rings. The summed E-state index contributed by atoms with van der Waals surface area (Å²) in [6, 6.07) is 5.21. The van der Waals surface area contributed by atoms with Gasteiger partial charge in [0.2, 0.25) is 17.5 Å². The number of ether oxygens (including phenoxy) is 5. The number of benzene rings is 2. The lowest BCUT2D eigenvalue weighted by molar-refractivity contribution is -0.308. The number of hydrogen-bond acceptors (Lipinski definition) is 17. The highest BCUT2D eigenvalue weighted by atomic mass is 16.7. The van der Waals surface area contributed by atoms with Gasteiger partial charge >= 0.3 is 5.97 Å². The Balaban J connectivity index is 1.43. The monoisotopic (exact) mass is 638 g/mol. The molecule has 0 unspecified atom stereocenters. The molecular formula is C28H30O17. The predicted octanol–water partition coefficient (Wildman–Crippen LogP) is -1.50. The molecule has 0 bridgehead atoms. The summed E-state index contributed by atoms with van der Waals surface area (Å²) in [5, 5.41) is 92.1. The lowest BCUT2D eigenvalue weighted by Gasteiger charge is -2.41. The van der Waals surface area contributed by atoms with Gasteiger partial charge in [-0.05, 0) is 18.2 Å². The normalized spacial score (nSPS) is 30.2. The average Bonchev–Trinajstić information content (AvgIpc) is 2.97. The Labute approximate surface area is 252 Å². The van der Waals surface area contributed by atoms with Gasteiger partial charge in [0.15, 0.2) is 29.7 Å². The van der Waals surface area contributed by atoms with E-state index in [2.05, 4.69) is 0 Å². The molecule has 0 radical (unpaired) electrons. The third-order valence-electron chi connectivity index (χ3n) is 7.23. The van der Waals surface area contributed by atoms with Crippen LogP contribution in [0.3, 0.4) is 0 Å². The zero-order valence-electron chi connectivity index (χ0n) is 23.3. The van der Waals surface area contributed by atoms with Gasteiger partial charge in [-0.3, -0.25) is 9.59 Å². The smallest absolute Gasteiger partial charge is 0.303 e. The molecular weight excluding hydrogens is 608 g/mol. The fourth-order valence-electron chi connectivity index (χ4n) is 4.92. The number of fused-ring (bicyclic) bond motifs is 1. The van der Waals surface area contributed by atoms with E-state index in [0.717, 1.165) is 31.2 Å². The minimum Gasteiger partial charge on any atom is -0.508 e. The number of aromatic hydroxyl groups is 4. The predicted molar refractivity (Wildman–Crippen MR) is 145 cm³/mol. The van der Waals surface area contributed by atoms with Crippen LogP contribution in [0, 0.1) is 0 Å². The van der Waals surface area contributed by atoms with Gasteiger partial charge in [-0.1, -0.05) is 0 Å². The number of aliphatic hydroxyl groups is 5. The van der Waals surface area contributed by atoms with E-state index in [9.17, 15) is 55.5 Å². The second-order valence-electron chi connectivity index (χ2n) is 10.4. The Bertz CT molecular complexity index is 1620. The maximum absolute atomic E-state index is 13.6. The summed E-state index contributed by atoms with van der Waals surface area (Å²) >= 11 is 0. The molecule has 2 saturated heterocycles. The molecule has 9 N–H and O–H groups in total. The minimum absolute atomic E-state index is 0.0399. The van der Waals surface area contributed by atoms with Gasteiger partial charge in [0.1, 0.15) is 59.1 Å². The largest absolute Gasteiger partial charge is 0.508 e. The molecule has 3 heterocycles. The van der Waals surface area contributed by atoms with Crippen LogP contribution < -0.4 is 10.2 Å². The van der Waals surface area contributed by atoms with E-state index in [1.165, 1.54) is 6.07 Å². The summed E-state index contributed by atoms with van der Waals surface area (Å²) in [6.07, 6.45) is -15.1. The van der Waals surface area contributed by atoms with E-state index >= 15 is 0 Å². The Morgan fingerprint density at radius 1 is 0.867 bits per heavy atom. The molecule has 244 valence electrons. The van der Waals surface area contributed by atoms with Gasteiger partial charge < -0.3 is 74.1 Å². The minimum atomic E-state index is -1.98. The highest BCUT2D eigenvalue weighted by molar-refractivity contribution is 5.88. The van der Waals surface area contributed by atoms with Crippen molar-refractivity contribution in [3.05, 3.63) is 40.6 Å². The van der Waals surface area contributed by atoms with Gasteiger partial charge in [-0.25, -0.2) is 0 Å². The highest BCUT2D eigenvalue weighted by Gasteiger charge is 2.47. The second kappa shape index (κ2) is 12.7. The first-order valence-electron chi connectivity index (χ1n) is 13.4. The Kier molecular flexibility index (Phi) is 9.06. The molecule has 0 aliphatic carbocycles. The van der Waals surface area contributed by atoms with Crippen LogP contribution in [0.1, 0.15) is 6.92 Å². The highest BCUT2D eigenvalue weighted by Crippen LogP contribution is 2.39. The molecule has 3 aromatic rings. The summed E-state index contributed by atoms with van der Waals surface area (Å²) in [5.74, 6) is -4.10. The van der Waals surface area contributed by atoms with E-state index in [-0.39, 0.29) is 17.8 Å². The molecule has 2 aromatic carbocycles. The second-order valence-corrected chi connectivity index (χ2v) is 10.4. The molecule has 5 rings (SSSR count). The van der Waals surface area contributed by atoms with Crippen molar-refractivity contribution in [1.29, 1.82) is 0 Å². The van der Waals surface area contributed by atoms with Crippen molar-refractivity contribution >= 4 is 16.9 Å². The molecule has 9 atom stereocenters. The lowest BCUT2D eigenvalue weighted by Crippen LogP contribution is -2.61. The Morgan fingerprint density at radius 3 is 2.27 bits per heavy atom. The molecule has 0 saturated carbocycles. The van der Waals surface area contributed by atoms with Crippen LogP contribution in [0.2, 0.25) is 0 Å². The van der Waals surface area contributed by atoms with Crippen molar-refractivity contribution < 1.29 is 78.9 Å². The number of carbonyl (C=O) groups excluding carboxylic acids is 1. The standard InChI is InChI=1S/C28H30O17/c1-9(29)42-16-7-40-27(23(38)20(16)35)41-8-17-19(34)22(37)24(39)28(44-17)45-26-21(36)18-14(33)5-11(30)6-15(18)43-25(26)10-2-3-12(31)13(32)4-10/h2-6,16-17,19-20,22-24,27-28,30-35,37-39H,7-8H2,1H3/t16-,17+,19-,20-,22-,23+,24+,27-,28-/m0/s1. The topological polar surface area (TPSA) is 275 Å². The maximum Gasteiger partial charge on any atom is 0.303 e. The lowest BCUT2D eigenvalue weighted by atomic mass is 9.99. The molecule has 0 amide bonds. The molecule has 0 spiro atoms. The van der Waals surface area contributed by atoms with Crippen LogP contribution in [0.15, 0.2) is 39.5 Å². The van der Waals surface area contributed by atoms with Crippen molar-refractivity contribution in [2.45, 2.75) is 62.2 Å². The van der Waals surface area contributed by atoms with Gasteiger partial charge in [0, 0.05) is 24.6 Å². The van der Waals surface area contributed by atoms with Crippen LogP contribution in [-0.4, -0.2) is 120 Å². The first-order chi connectivity index (χ1) is 21.3. The molecule has 17 nitrogen and oxygen atoms in total. The third-order valence-corrected chi connectivity index (χ3v) is 7.23. The number of esters is 1. The van der Waals surface area contributed by atoms with E-state index < -0.39 is 113 Å².